The first kappa shape index (κ1) is 17.2. The van der Waals surface area contributed by atoms with Crippen molar-refractivity contribution in [3.8, 4) is 0 Å². The van der Waals surface area contributed by atoms with Crippen LogP contribution in [0.25, 0.3) is 0 Å². The normalized spacial score (nSPS) is 29.8. The van der Waals surface area contributed by atoms with E-state index in [1.165, 1.54) is 19.3 Å². The Hall–Kier alpha value is -0.650. The molecular formula is C18H32N2O3. The highest BCUT2D eigenvalue weighted by atomic mass is 16.5. The fourth-order valence-corrected chi connectivity index (χ4v) is 3.90. The lowest BCUT2D eigenvalue weighted by Crippen LogP contribution is -2.41. The average Bonchev–Trinajstić information content (AvgIpc) is 3.13. The predicted octanol–water partition coefficient (Wildman–Crippen LogP) is 1.95. The molecular weight excluding hydrogens is 292 g/mol. The highest BCUT2D eigenvalue weighted by molar-refractivity contribution is 5.76. The zero-order valence-electron chi connectivity index (χ0n) is 14.3. The van der Waals surface area contributed by atoms with Gasteiger partial charge in [-0.2, -0.15) is 0 Å². The monoisotopic (exact) mass is 324 g/mol. The molecule has 132 valence electrons. The SMILES string of the molecule is O=C(CCC1CCNC1)N1CCC(OCC2CCCCO2)CC1. The molecule has 3 aliphatic heterocycles. The summed E-state index contributed by atoms with van der Waals surface area (Å²) in [6.07, 6.45) is 9.12. The van der Waals surface area contributed by atoms with Crippen molar-refractivity contribution in [1.82, 2.24) is 10.2 Å². The minimum Gasteiger partial charge on any atom is -0.376 e. The molecule has 5 heteroatoms. The van der Waals surface area contributed by atoms with Gasteiger partial charge in [-0.05, 0) is 64.0 Å². The molecule has 0 radical (unpaired) electrons. The largest absolute Gasteiger partial charge is 0.376 e. The van der Waals surface area contributed by atoms with Crippen molar-refractivity contribution in [2.24, 2.45) is 5.92 Å². The van der Waals surface area contributed by atoms with Crippen LogP contribution in [0.5, 0.6) is 0 Å². The molecule has 0 bridgehead atoms. The summed E-state index contributed by atoms with van der Waals surface area (Å²) < 4.78 is 11.7. The van der Waals surface area contributed by atoms with Gasteiger partial charge in [-0.3, -0.25) is 4.79 Å². The number of hydrogen-bond acceptors (Lipinski definition) is 4. The second-order valence-corrected chi connectivity index (χ2v) is 7.30. The van der Waals surface area contributed by atoms with Crippen molar-refractivity contribution >= 4 is 5.91 Å². The molecule has 0 aromatic carbocycles. The number of hydrogen-bond donors (Lipinski definition) is 1. The molecule has 0 spiro atoms. The molecule has 2 atom stereocenters. The molecule has 3 heterocycles. The number of ether oxygens (including phenoxy) is 2. The maximum absolute atomic E-state index is 12.3. The van der Waals surface area contributed by atoms with Crippen LogP contribution < -0.4 is 5.32 Å². The van der Waals surface area contributed by atoms with Crippen LogP contribution in [0.1, 0.15) is 51.4 Å². The molecule has 1 N–H and O–H groups in total. The summed E-state index contributed by atoms with van der Waals surface area (Å²) >= 11 is 0. The quantitative estimate of drug-likeness (QED) is 0.811. The first-order valence-electron chi connectivity index (χ1n) is 9.53. The number of likely N-dealkylation sites (tertiary alicyclic amines) is 1. The van der Waals surface area contributed by atoms with Gasteiger partial charge in [0.25, 0.3) is 0 Å². The lowest BCUT2D eigenvalue weighted by Gasteiger charge is -2.33. The lowest BCUT2D eigenvalue weighted by molar-refractivity contribution is -0.135. The number of carbonyl (C=O) groups excluding carboxylic acids is 1. The Morgan fingerprint density at radius 1 is 1.17 bits per heavy atom. The number of nitrogens with zero attached hydrogens (tertiary/aromatic N) is 1. The summed E-state index contributed by atoms with van der Waals surface area (Å²) in [6, 6.07) is 0. The Bertz CT molecular complexity index is 357. The van der Waals surface area contributed by atoms with Crippen LogP contribution in [0, 0.1) is 5.92 Å². The van der Waals surface area contributed by atoms with Gasteiger partial charge in [-0.15, -0.1) is 0 Å². The van der Waals surface area contributed by atoms with Gasteiger partial charge in [0.1, 0.15) is 0 Å². The van der Waals surface area contributed by atoms with Gasteiger partial charge in [0.15, 0.2) is 0 Å². The number of amides is 1. The van der Waals surface area contributed by atoms with Crippen LogP contribution >= 0.6 is 0 Å². The van der Waals surface area contributed by atoms with E-state index < -0.39 is 0 Å². The van der Waals surface area contributed by atoms with Crippen molar-refractivity contribution in [2.75, 3.05) is 39.4 Å². The molecule has 0 aliphatic carbocycles. The van der Waals surface area contributed by atoms with E-state index in [9.17, 15) is 4.79 Å². The summed E-state index contributed by atoms with van der Waals surface area (Å²) in [4.78, 5) is 14.4. The van der Waals surface area contributed by atoms with Gasteiger partial charge in [-0.1, -0.05) is 0 Å². The van der Waals surface area contributed by atoms with E-state index in [1.54, 1.807) is 0 Å². The van der Waals surface area contributed by atoms with E-state index in [0.717, 1.165) is 65.1 Å². The summed E-state index contributed by atoms with van der Waals surface area (Å²) in [5, 5.41) is 3.37. The van der Waals surface area contributed by atoms with E-state index in [-0.39, 0.29) is 0 Å². The van der Waals surface area contributed by atoms with Gasteiger partial charge in [0, 0.05) is 26.1 Å². The number of nitrogens with one attached hydrogen (secondary N) is 1. The summed E-state index contributed by atoms with van der Waals surface area (Å²) in [5.74, 6) is 1.04. The van der Waals surface area contributed by atoms with Crippen molar-refractivity contribution in [3.63, 3.8) is 0 Å². The molecule has 1 amide bonds. The van der Waals surface area contributed by atoms with Crippen molar-refractivity contribution < 1.29 is 14.3 Å². The lowest BCUT2D eigenvalue weighted by atomic mass is 10.0. The molecule has 3 aliphatic rings. The minimum atomic E-state index is 0.295. The van der Waals surface area contributed by atoms with E-state index in [4.69, 9.17) is 9.47 Å². The van der Waals surface area contributed by atoms with Crippen LogP contribution in [0.2, 0.25) is 0 Å². The first-order chi connectivity index (χ1) is 11.3. The third kappa shape index (κ3) is 5.44. The highest BCUT2D eigenvalue weighted by Crippen LogP contribution is 2.20. The van der Waals surface area contributed by atoms with Crippen molar-refractivity contribution in [2.45, 2.75) is 63.6 Å². The maximum Gasteiger partial charge on any atom is 0.222 e. The van der Waals surface area contributed by atoms with E-state index in [1.807, 2.05) is 4.90 Å². The summed E-state index contributed by atoms with van der Waals surface area (Å²) in [5.41, 5.74) is 0. The Kier molecular flexibility index (Phi) is 6.72. The molecule has 0 aromatic heterocycles. The van der Waals surface area contributed by atoms with Crippen LogP contribution in [0.15, 0.2) is 0 Å². The minimum absolute atomic E-state index is 0.295. The first-order valence-corrected chi connectivity index (χ1v) is 9.53. The average molecular weight is 324 g/mol. The van der Waals surface area contributed by atoms with Crippen LogP contribution in [0.4, 0.5) is 0 Å². The zero-order chi connectivity index (χ0) is 15.9. The molecule has 23 heavy (non-hydrogen) atoms. The fourth-order valence-electron chi connectivity index (χ4n) is 3.90. The number of rotatable bonds is 6. The third-order valence-corrected chi connectivity index (χ3v) is 5.52. The standard InChI is InChI=1S/C18H32N2O3/c21-18(5-4-15-6-9-19-13-15)20-10-7-16(8-11-20)23-14-17-3-1-2-12-22-17/h15-17,19H,1-14H2. The van der Waals surface area contributed by atoms with Crippen LogP contribution in [0.3, 0.4) is 0 Å². The third-order valence-electron chi connectivity index (χ3n) is 5.52. The molecule has 3 rings (SSSR count). The van der Waals surface area contributed by atoms with Crippen LogP contribution in [-0.4, -0.2) is 62.4 Å². The van der Waals surface area contributed by atoms with Crippen molar-refractivity contribution in [1.29, 1.82) is 0 Å². The topological polar surface area (TPSA) is 50.8 Å². The van der Waals surface area contributed by atoms with E-state index in [2.05, 4.69) is 5.32 Å². The number of carbonyl (C=O) groups is 1. The second-order valence-electron chi connectivity index (χ2n) is 7.30. The zero-order valence-corrected chi connectivity index (χ0v) is 14.3. The Balaban J connectivity index is 1.29. The Morgan fingerprint density at radius 3 is 2.74 bits per heavy atom. The summed E-state index contributed by atoms with van der Waals surface area (Å²) in [6.45, 7) is 5.54. The molecule has 3 fully saturated rings. The van der Waals surface area contributed by atoms with Crippen LogP contribution in [-0.2, 0) is 14.3 Å². The molecule has 0 saturated carbocycles. The second kappa shape index (κ2) is 9.00. The number of piperidine rings is 1. The van der Waals surface area contributed by atoms with Gasteiger partial charge in [0.05, 0.1) is 18.8 Å². The van der Waals surface area contributed by atoms with E-state index in [0.29, 0.717) is 30.5 Å². The Labute approximate surface area is 140 Å². The summed E-state index contributed by atoms with van der Waals surface area (Å²) in [7, 11) is 0. The van der Waals surface area contributed by atoms with Gasteiger partial charge < -0.3 is 19.7 Å². The van der Waals surface area contributed by atoms with Gasteiger partial charge in [-0.25, -0.2) is 0 Å². The van der Waals surface area contributed by atoms with E-state index >= 15 is 0 Å². The van der Waals surface area contributed by atoms with Crippen molar-refractivity contribution in [3.05, 3.63) is 0 Å². The molecule has 3 saturated heterocycles. The highest BCUT2D eigenvalue weighted by Gasteiger charge is 2.25. The molecule has 0 aromatic rings. The molecule has 2 unspecified atom stereocenters. The fraction of sp³-hybridized carbons (Fsp3) is 0.944. The Morgan fingerprint density at radius 2 is 2.04 bits per heavy atom. The molecule has 5 nitrogen and oxygen atoms in total. The predicted molar refractivity (Wildman–Crippen MR) is 89.4 cm³/mol. The van der Waals surface area contributed by atoms with Gasteiger partial charge >= 0.3 is 0 Å². The van der Waals surface area contributed by atoms with Gasteiger partial charge in [0.2, 0.25) is 5.91 Å². The smallest absolute Gasteiger partial charge is 0.222 e. The maximum atomic E-state index is 12.3.